The summed E-state index contributed by atoms with van der Waals surface area (Å²) in [6.07, 6.45) is 1.71. The lowest BCUT2D eigenvalue weighted by Gasteiger charge is -2.24. The number of thioether (sulfide) groups is 1. The Hall–Kier alpha value is -1.38. The van der Waals surface area contributed by atoms with Gasteiger partial charge in [-0.2, -0.15) is 5.10 Å². The van der Waals surface area contributed by atoms with E-state index in [1.165, 1.54) is 0 Å². The van der Waals surface area contributed by atoms with Crippen molar-refractivity contribution in [1.29, 1.82) is 0 Å². The molecule has 0 bridgehead atoms. The van der Waals surface area contributed by atoms with Gasteiger partial charge in [0.1, 0.15) is 5.82 Å². The van der Waals surface area contributed by atoms with E-state index in [2.05, 4.69) is 20.5 Å². The molecule has 3 N–H and O–H groups in total. The highest BCUT2D eigenvalue weighted by molar-refractivity contribution is 7.99. The monoisotopic (exact) mass is 266 g/mol. The summed E-state index contributed by atoms with van der Waals surface area (Å²) >= 11 is 1.80. The van der Waals surface area contributed by atoms with Gasteiger partial charge in [0.2, 0.25) is 0 Å². The van der Waals surface area contributed by atoms with Crippen molar-refractivity contribution in [1.82, 2.24) is 19.7 Å². The second kappa shape index (κ2) is 4.71. The highest BCUT2D eigenvalue weighted by Crippen LogP contribution is 2.24. The van der Waals surface area contributed by atoms with Gasteiger partial charge in [-0.05, 0) is 0 Å². The van der Waals surface area contributed by atoms with Gasteiger partial charge in [-0.1, -0.05) is 0 Å². The van der Waals surface area contributed by atoms with Crippen molar-refractivity contribution in [3.05, 3.63) is 12.0 Å². The number of aromatic nitrogens is 4. The zero-order valence-electron chi connectivity index (χ0n) is 9.96. The summed E-state index contributed by atoms with van der Waals surface area (Å²) in [5, 5.41) is 5.55. The molecule has 18 heavy (non-hydrogen) atoms. The Balaban J connectivity index is 1.88. The van der Waals surface area contributed by atoms with Gasteiger partial charge < -0.3 is 10.2 Å². The molecule has 2 aromatic heterocycles. The van der Waals surface area contributed by atoms with E-state index >= 15 is 0 Å². The van der Waals surface area contributed by atoms with Crippen LogP contribution in [-0.2, 0) is 17.5 Å². The van der Waals surface area contributed by atoms with Crippen LogP contribution in [-0.4, -0.2) is 38.2 Å². The van der Waals surface area contributed by atoms with Gasteiger partial charge in [0.25, 0.3) is 0 Å². The first-order valence-corrected chi connectivity index (χ1v) is 6.67. The van der Waals surface area contributed by atoms with Crippen LogP contribution >= 0.6 is 11.8 Å². The number of hydrogen-bond donors (Lipinski definition) is 2. The number of rotatable bonds is 4. The number of hydrogen-bond acceptors (Lipinski definition) is 7. The first-order valence-electron chi connectivity index (χ1n) is 5.62. The van der Waals surface area contributed by atoms with Gasteiger partial charge >= 0.3 is 0 Å². The molecule has 0 radical (unpaired) electrons. The maximum atomic E-state index is 5.48. The van der Waals surface area contributed by atoms with Crippen molar-refractivity contribution in [3.63, 3.8) is 0 Å². The van der Waals surface area contributed by atoms with Crippen molar-refractivity contribution < 1.29 is 4.74 Å². The second-order valence-corrected chi connectivity index (χ2v) is 5.40. The third-order valence-corrected chi connectivity index (χ3v) is 4.00. The molecule has 0 amide bonds. The Bertz CT molecular complexity index is 567. The average molecular weight is 266 g/mol. The molecule has 0 spiro atoms. The minimum absolute atomic E-state index is 0.560. The summed E-state index contributed by atoms with van der Waals surface area (Å²) in [6.45, 7) is 1.64. The molecule has 7 nitrogen and oxygen atoms in total. The van der Waals surface area contributed by atoms with Gasteiger partial charge in [-0.3, -0.25) is 4.68 Å². The largest absolute Gasteiger partial charge is 0.379 e. The van der Waals surface area contributed by atoms with Crippen LogP contribution in [0.1, 0.15) is 5.82 Å². The molecule has 0 atom stereocenters. The zero-order chi connectivity index (χ0) is 12.5. The van der Waals surface area contributed by atoms with Crippen molar-refractivity contribution in [2.75, 3.05) is 18.6 Å². The highest BCUT2D eigenvalue weighted by Gasteiger charge is 2.19. The number of ether oxygens (including phenoxy) is 1. The zero-order valence-corrected chi connectivity index (χ0v) is 10.8. The van der Waals surface area contributed by atoms with Crippen LogP contribution in [0.2, 0.25) is 0 Å². The number of anilines is 1. The maximum absolute atomic E-state index is 5.48. The predicted molar refractivity (Wildman–Crippen MR) is 70.0 cm³/mol. The summed E-state index contributed by atoms with van der Waals surface area (Å²) < 4.78 is 6.86. The topological polar surface area (TPSA) is 90.9 Å². The summed E-state index contributed by atoms with van der Waals surface area (Å²) in [5.41, 5.74) is 3.39. The van der Waals surface area contributed by atoms with Crippen LogP contribution in [0.4, 0.5) is 5.82 Å². The van der Waals surface area contributed by atoms with Crippen LogP contribution in [0.15, 0.2) is 6.20 Å². The van der Waals surface area contributed by atoms with Crippen LogP contribution in [0.5, 0.6) is 0 Å². The minimum atomic E-state index is 0.560. The molecule has 1 fully saturated rings. The SMILES string of the molecule is Cn1ncc2c(NN)nc(CSC3COC3)nc21. The Labute approximate surface area is 108 Å². The van der Waals surface area contributed by atoms with Gasteiger partial charge in [-0.15, -0.1) is 11.8 Å². The Morgan fingerprint density at radius 3 is 3.06 bits per heavy atom. The minimum Gasteiger partial charge on any atom is -0.379 e. The molecule has 0 aromatic carbocycles. The predicted octanol–water partition coefficient (Wildman–Crippen LogP) is 0.281. The lowest BCUT2D eigenvalue weighted by Crippen LogP contribution is -2.30. The van der Waals surface area contributed by atoms with E-state index in [-0.39, 0.29) is 0 Å². The maximum Gasteiger partial charge on any atom is 0.163 e. The molecular weight excluding hydrogens is 252 g/mol. The number of nitrogens with two attached hydrogens (primary N) is 1. The highest BCUT2D eigenvalue weighted by atomic mass is 32.2. The van der Waals surface area contributed by atoms with Gasteiger partial charge in [0.15, 0.2) is 11.5 Å². The molecule has 0 saturated carbocycles. The smallest absolute Gasteiger partial charge is 0.163 e. The van der Waals surface area contributed by atoms with Crippen molar-refractivity contribution >= 4 is 28.6 Å². The summed E-state index contributed by atoms with van der Waals surface area (Å²) in [6, 6.07) is 0. The molecule has 8 heteroatoms. The summed E-state index contributed by atoms with van der Waals surface area (Å²) in [5.74, 6) is 7.62. The summed E-state index contributed by atoms with van der Waals surface area (Å²) in [7, 11) is 1.85. The number of nitrogens with one attached hydrogen (secondary N) is 1. The first-order chi connectivity index (χ1) is 8.78. The molecule has 1 aliphatic rings. The van der Waals surface area contributed by atoms with Crippen LogP contribution in [0.25, 0.3) is 11.0 Å². The normalized spacial score (nSPS) is 15.9. The van der Waals surface area contributed by atoms with E-state index in [1.807, 2.05) is 7.05 Å². The van der Waals surface area contributed by atoms with E-state index in [0.29, 0.717) is 11.1 Å². The van der Waals surface area contributed by atoms with Gasteiger partial charge in [-0.25, -0.2) is 15.8 Å². The van der Waals surface area contributed by atoms with Crippen molar-refractivity contribution in [2.24, 2.45) is 12.9 Å². The third kappa shape index (κ3) is 2.02. The number of aryl methyl sites for hydroxylation is 1. The molecule has 96 valence electrons. The molecule has 1 saturated heterocycles. The van der Waals surface area contributed by atoms with Crippen LogP contribution in [0.3, 0.4) is 0 Å². The van der Waals surface area contributed by atoms with E-state index in [4.69, 9.17) is 10.6 Å². The number of nitrogen functional groups attached to an aromatic ring is 1. The lowest BCUT2D eigenvalue weighted by molar-refractivity contribution is 0.0455. The number of fused-ring (bicyclic) bond motifs is 1. The number of nitrogens with zero attached hydrogens (tertiary/aromatic N) is 4. The van der Waals surface area contributed by atoms with Crippen LogP contribution in [0, 0.1) is 0 Å². The fraction of sp³-hybridized carbons (Fsp3) is 0.500. The van der Waals surface area contributed by atoms with E-state index < -0.39 is 0 Å². The quantitative estimate of drug-likeness (QED) is 0.606. The Morgan fingerprint density at radius 2 is 2.39 bits per heavy atom. The third-order valence-electron chi connectivity index (χ3n) is 2.83. The van der Waals surface area contributed by atoms with Gasteiger partial charge in [0, 0.05) is 7.05 Å². The molecule has 3 rings (SSSR count). The molecule has 0 unspecified atom stereocenters. The first kappa shape index (κ1) is 11.7. The molecule has 1 aliphatic heterocycles. The molecule has 0 aliphatic carbocycles. The lowest BCUT2D eigenvalue weighted by atomic mass is 10.4. The molecule has 3 heterocycles. The van der Waals surface area contributed by atoms with Crippen molar-refractivity contribution in [3.8, 4) is 0 Å². The van der Waals surface area contributed by atoms with E-state index in [0.717, 1.165) is 35.8 Å². The fourth-order valence-electron chi connectivity index (χ4n) is 1.74. The van der Waals surface area contributed by atoms with E-state index in [9.17, 15) is 0 Å². The molecular formula is C10H14N6OS. The Kier molecular flexibility index (Phi) is 3.06. The van der Waals surface area contributed by atoms with Crippen molar-refractivity contribution in [2.45, 2.75) is 11.0 Å². The second-order valence-electron chi connectivity index (χ2n) is 4.11. The summed E-state index contributed by atoms with van der Waals surface area (Å²) in [4.78, 5) is 8.91. The van der Waals surface area contributed by atoms with E-state index in [1.54, 1.807) is 22.6 Å². The fourth-order valence-corrected chi connectivity index (χ4v) is 2.64. The molecule has 2 aromatic rings. The van der Waals surface area contributed by atoms with Gasteiger partial charge in [0.05, 0.1) is 35.8 Å². The van der Waals surface area contributed by atoms with Crippen LogP contribution < -0.4 is 11.3 Å². The average Bonchev–Trinajstić information content (AvgIpc) is 2.69. The number of hydrazine groups is 1. The Morgan fingerprint density at radius 1 is 1.56 bits per heavy atom. The standard InChI is InChI=1S/C10H14N6OS/c1-16-10-7(2-12-16)9(15-11)13-8(14-10)5-18-6-3-17-4-6/h2,6H,3-5,11H2,1H3,(H,13,14,15).